The number of hydrogen-bond donors (Lipinski definition) is 1. The molecule has 5 nitrogen and oxygen atoms in total. The maximum Gasteiger partial charge on any atom is 0.306 e. The Morgan fingerprint density at radius 1 is 0.460 bits per heavy atom. The lowest BCUT2D eigenvalue weighted by Gasteiger charge is -2.15. The summed E-state index contributed by atoms with van der Waals surface area (Å²) >= 11 is 0. The van der Waals surface area contributed by atoms with Gasteiger partial charge >= 0.3 is 11.9 Å². The molecule has 0 aliphatic rings. The molecule has 0 unspecified atom stereocenters. The third kappa shape index (κ3) is 38.4. The SMILES string of the molecule is CCCCCC=CCC=CCC=CCC=CCCCC(=O)OC[C@H](CO)OC(=O)CCCCCCCCCCCC=CCCCCCCCC. The van der Waals surface area contributed by atoms with Gasteiger partial charge in [0.15, 0.2) is 6.10 Å². The zero-order valence-corrected chi connectivity index (χ0v) is 32.6. The van der Waals surface area contributed by atoms with Gasteiger partial charge in [0.05, 0.1) is 6.61 Å². The molecule has 0 heterocycles. The summed E-state index contributed by atoms with van der Waals surface area (Å²) in [5.41, 5.74) is 0. The van der Waals surface area contributed by atoms with Crippen LogP contribution in [0.4, 0.5) is 0 Å². The molecule has 288 valence electrons. The Morgan fingerprint density at radius 2 is 0.820 bits per heavy atom. The lowest BCUT2D eigenvalue weighted by atomic mass is 10.1. The average molecular weight is 699 g/mol. The highest BCUT2D eigenvalue weighted by atomic mass is 16.6. The quantitative estimate of drug-likeness (QED) is 0.0397. The van der Waals surface area contributed by atoms with Crippen molar-refractivity contribution >= 4 is 11.9 Å². The van der Waals surface area contributed by atoms with E-state index in [2.05, 4.69) is 74.6 Å². The summed E-state index contributed by atoms with van der Waals surface area (Å²) in [5.74, 6) is -0.660. The lowest BCUT2D eigenvalue weighted by molar-refractivity contribution is -0.161. The second-order valence-corrected chi connectivity index (χ2v) is 13.7. The van der Waals surface area contributed by atoms with Crippen LogP contribution in [-0.4, -0.2) is 36.4 Å². The van der Waals surface area contributed by atoms with E-state index in [1.165, 1.54) is 116 Å². The van der Waals surface area contributed by atoms with Crippen molar-refractivity contribution in [2.75, 3.05) is 13.2 Å². The molecule has 0 fully saturated rings. The molecule has 1 atom stereocenters. The number of aliphatic hydroxyl groups is 1. The van der Waals surface area contributed by atoms with Crippen LogP contribution in [0, 0.1) is 0 Å². The van der Waals surface area contributed by atoms with Crippen LogP contribution in [0.3, 0.4) is 0 Å². The summed E-state index contributed by atoms with van der Waals surface area (Å²) < 4.78 is 10.6. The van der Waals surface area contributed by atoms with Gasteiger partial charge in [0, 0.05) is 12.8 Å². The maximum atomic E-state index is 12.2. The Hall–Kier alpha value is -2.40. The van der Waals surface area contributed by atoms with Crippen molar-refractivity contribution < 1.29 is 24.2 Å². The number of rotatable bonds is 37. The molecule has 5 heteroatoms. The molecule has 1 N–H and O–H groups in total. The van der Waals surface area contributed by atoms with E-state index < -0.39 is 6.10 Å². The van der Waals surface area contributed by atoms with Gasteiger partial charge in [0.1, 0.15) is 6.61 Å². The van der Waals surface area contributed by atoms with E-state index in [0.717, 1.165) is 44.9 Å². The molecular formula is C45H78O5. The van der Waals surface area contributed by atoms with Gasteiger partial charge in [-0.3, -0.25) is 9.59 Å². The molecule has 0 amide bonds. The van der Waals surface area contributed by atoms with Crippen LogP contribution in [-0.2, 0) is 19.1 Å². The molecule has 0 radical (unpaired) electrons. The first-order valence-corrected chi connectivity index (χ1v) is 20.8. The minimum Gasteiger partial charge on any atom is -0.462 e. The van der Waals surface area contributed by atoms with Crippen LogP contribution >= 0.6 is 0 Å². The van der Waals surface area contributed by atoms with Crippen LogP contribution in [0.2, 0.25) is 0 Å². The summed E-state index contributed by atoms with van der Waals surface area (Å²) in [6.07, 6.45) is 52.9. The number of aliphatic hydroxyl groups excluding tert-OH is 1. The van der Waals surface area contributed by atoms with E-state index in [1.54, 1.807) is 0 Å². The average Bonchev–Trinajstić information content (AvgIpc) is 3.12. The molecule has 0 saturated carbocycles. The third-order valence-corrected chi connectivity index (χ3v) is 8.78. The van der Waals surface area contributed by atoms with Gasteiger partial charge in [-0.25, -0.2) is 0 Å². The summed E-state index contributed by atoms with van der Waals surface area (Å²) in [6, 6.07) is 0. The Balaban J connectivity index is 3.64. The normalized spacial score (nSPS) is 12.8. The van der Waals surface area contributed by atoms with Crippen LogP contribution in [0.25, 0.3) is 0 Å². The summed E-state index contributed by atoms with van der Waals surface area (Å²) in [7, 11) is 0. The first-order chi connectivity index (χ1) is 24.6. The highest BCUT2D eigenvalue weighted by molar-refractivity contribution is 5.70. The number of carbonyl (C=O) groups excluding carboxylic acids is 2. The van der Waals surface area contributed by atoms with E-state index in [4.69, 9.17) is 9.47 Å². The minimum absolute atomic E-state index is 0.0963. The van der Waals surface area contributed by atoms with E-state index in [-0.39, 0.29) is 25.2 Å². The molecule has 0 aromatic rings. The Kier molecular flexibility index (Phi) is 39.1. The zero-order valence-electron chi connectivity index (χ0n) is 32.6. The van der Waals surface area contributed by atoms with Gasteiger partial charge in [0.25, 0.3) is 0 Å². The first kappa shape index (κ1) is 47.6. The molecule has 0 aliphatic heterocycles. The van der Waals surface area contributed by atoms with Gasteiger partial charge in [-0.1, -0.05) is 164 Å². The van der Waals surface area contributed by atoms with Crippen LogP contribution in [0.5, 0.6) is 0 Å². The zero-order chi connectivity index (χ0) is 36.4. The Labute approximate surface area is 309 Å². The van der Waals surface area contributed by atoms with Gasteiger partial charge in [-0.2, -0.15) is 0 Å². The van der Waals surface area contributed by atoms with E-state index in [9.17, 15) is 14.7 Å². The second kappa shape index (κ2) is 41.0. The van der Waals surface area contributed by atoms with Crippen molar-refractivity contribution in [3.8, 4) is 0 Å². The molecule has 0 rings (SSSR count). The monoisotopic (exact) mass is 699 g/mol. The molecule has 0 spiro atoms. The standard InChI is InChI=1S/C45H78O5/c1-3-5-7-9-11-13-15-17-19-21-22-24-26-28-30-32-34-36-38-40-45(48)50-43(41-46)42-49-44(47)39-37-35-33-31-29-27-25-23-20-18-16-14-12-10-8-6-4-2/h12,14,17-20,25,27,31,33,43,46H,3-11,13,15-16,21-24,26,28-30,32,34-42H2,1-2H3/t43-/m0/s1. The number of unbranched alkanes of at least 4 members (excludes halogenated alkanes) is 19. The van der Waals surface area contributed by atoms with Crippen LogP contribution < -0.4 is 0 Å². The highest BCUT2D eigenvalue weighted by Crippen LogP contribution is 2.13. The van der Waals surface area contributed by atoms with Gasteiger partial charge in [-0.15, -0.1) is 0 Å². The topological polar surface area (TPSA) is 72.8 Å². The van der Waals surface area contributed by atoms with Crippen molar-refractivity contribution in [3.63, 3.8) is 0 Å². The fourth-order valence-electron chi connectivity index (χ4n) is 5.60. The largest absolute Gasteiger partial charge is 0.462 e. The van der Waals surface area contributed by atoms with E-state index in [0.29, 0.717) is 19.3 Å². The van der Waals surface area contributed by atoms with Crippen molar-refractivity contribution in [2.45, 2.75) is 200 Å². The predicted octanol–water partition coefficient (Wildman–Crippen LogP) is 13.2. The molecule has 50 heavy (non-hydrogen) atoms. The number of esters is 2. The number of carbonyl (C=O) groups is 2. The summed E-state index contributed by atoms with van der Waals surface area (Å²) in [6.45, 7) is 4.05. The fourth-order valence-corrected chi connectivity index (χ4v) is 5.60. The molecule has 0 bridgehead atoms. The van der Waals surface area contributed by atoms with Gasteiger partial charge in [-0.05, 0) is 77.0 Å². The first-order valence-electron chi connectivity index (χ1n) is 20.8. The fraction of sp³-hybridized carbons (Fsp3) is 0.733. The van der Waals surface area contributed by atoms with Gasteiger partial charge < -0.3 is 14.6 Å². The predicted molar refractivity (Wildman–Crippen MR) is 214 cm³/mol. The van der Waals surface area contributed by atoms with Gasteiger partial charge in [0.2, 0.25) is 0 Å². The van der Waals surface area contributed by atoms with E-state index in [1.807, 2.05) is 0 Å². The molecule has 0 saturated heterocycles. The Bertz CT molecular complexity index is 884. The van der Waals surface area contributed by atoms with Crippen LogP contribution in [0.1, 0.15) is 194 Å². The molecular weight excluding hydrogens is 620 g/mol. The minimum atomic E-state index is -0.796. The lowest BCUT2D eigenvalue weighted by Crippen LogP contribution is -2.28. The van der Waals surface area contributed by atoms with Crippen LogP contribution in [0.15, 0.2) is 60.8 Å². The maximum absolute atomic E-state index is 12.2. The Morgan fingerprint density at radius 3 is 1.32 bits per heavy atom. The number of ether oxygens (including phenoxy) is 2. The molecule has 0 aromatic carbocycles. The number of allylic oxidation sites excluding steroid dienone is 10. The molecule has 0 aliphatic carbocycles. The highest BCUT2D eigenvalue weighted by Gasteiger charge is 2.16. The molecule has 0 aromatic heterocycles. The van der Waals surface area contributed by atoms with Crippen molar-refractivity contribution in [2.24, 2.45) is 0 Å². The van der Waals surface area contributed by atoms with Crippen molar-refractivity contribution in [1.29, 1.82) is 0 Å². The second-order valence-electron chi connectivity index (χ2n) is 13.7. The smallest absolute Gasteiger partial charge is 0.306 e. The third-order valence-electron chi connectivity index (χ3n) is 8.78. The number of hydrogen-bond acceptors (Lipinski definition) is 5. The summed E-state index contributed by atoms with van der Waals surface area (Å²) in [5, 5.41) is 9.56. The van der Waals surface area contributed by atoms with E-state index >= 15 is 0 Å². The summed E-state index contributed by atoms with van der Waals surface area (Å²) in [4.78, 5) is 24.3. The van der Waals surface area contributed by atoms with Crippen molar-refractivity contribution in [3.05, 3.63) is 60.8 Å². The van der Waals surface area contributed by atoms with Crippen molar-refractivity contribution in [1.82, 2.24) is 0 Å².